The van der Waals surface area contributed by atoms with Crippen molar-refractivity contribution < 1.29 is 9.18 Å². The van der Waals surface area contributed by atoms with Gasteiger partial charge in [0.05, 0.1) is 5.52 Å². The second-order valence-electron chi connectivity index (χ2n) is 6.65. The van der Waals surface area contributed by atoms with Crippen molar-refractivity contribution in [1.82, 2.24) is 14.8 Å². The number of halogens is 1. The number of hydrogen-bond donors (Lipinski definition) is 0. The average Bonchev–Trinajstić information content (AvgIpc) is 2.61. The summed E-state index contributed by atoms with van der Waals surface area (Å²) in [6.07, 6.45) is 1.76. The molecule has 0 spiro atoms. The van der Waals surface area contributed by atoms with Crippen LogP contribution in [-0.4, -0.2) is 41.8 Å². The van der Waals surface area contributed by atoms with E-state index in [9.17, 15) is 9.18 Å². The molecule has 0 bridgehead atoms. The second-order valence-corrected chi connectivity index (χ2v) is 6.65. The zero-order valence-electron chi connectivity index (χ0n) is 15.2. The molecule has 1 amide bonds. The van der Waals surface area contributed by atoms with Gasteiger partial charge in [0.1, 0.15) is 11.9 Å². The van der Waals surface area contributed by atoms with E-state index in [2.05, 4.69) is 4.98 Å². The highest BCUT2D eigenvalue weighted by molar-refractivity contribution is 5.83. The first-order valence-corrected chi connectivity index (χ1v) is 8.46. The van der Waals surface area contributed by atoms with Crippen LogP contribution in [0.25, 0.3) is 10.9 Å². The van der Waals surface area contributed by atoms with E-state index in [0.717, 1.165) is 16.5 Å². The maximum atomic E-state index is 13.6. The van der Waals surface area contributed by atoms with Crippen molar-refractivity contribution in [3.63, 3.8) is 0 Å². The number of fused-ring (bicyclic) bond motifs is 1. The molecule has 1 heterocycles. The molecule has 2 aromatic carbocycles. The van der Waals surface area contributed by atoms with Crippen molar-refractivity contribution in [1.29, 1.82) is 0 Å². The highest BCUT2D eigenvalue weighted by Gasteiger charge is 2.26. The number of carbonyl (C=O) groups is 1. The zero-order chi connectivity index (χ0) is 18.7. The molecule has 0 unspecified atom stereocenters. The lowest BCUT2D eigenvalue weighted by Crippen LogP contribution is -2.38. The van der Waals surface area contributed by atoms with Crippen molar-refractivity contribution in [2.45, 2.75) is 12.6 Å². The Hall–Kier alpha value is -2.79. The summed E-state index contributed by atoms with van der Waals surface area (Å²) in [6, 6.07) is 15.6. The SMILES string of the molecule is CN(Cc1ccc2ncccc2c1)C(=O)[C@H](c1cccc(F)c1)N(C)C. The summed E-state index contributed by atoms with van der Waals surface area (Å²) >= 11 is 0. The third kappa shape index (κ3) is 3.89. The van der Waals surface area contributed by atoms with E-state index in [4.69, 9.17) is 0 Å². The van der Waals surface area contributed by atoms with Crippen LogP contribution in [0.5, 0.6) is 0 Å². The van der Waals surface area contributed by atoms with Crippen molar-refractivity contribution in [2.75, 3.05) is 21.1 Å². The van der Waals surface area contributed by atoms with Gasteiger partial charge >= 0.3 is 0 Å². The summed E-state index contributed by atoms with van der Waals surface area (Å²) in [7, 11) is 5.41. The zero-order valence-corrected chi connectivity index (χ0v) is 15.2. The normalized spacial score (nSPS) is 12.3. The number of likely N-dealkylation sites (N-methyl/N-ethyl adjacent to an activating group) is 2. The Morgan fingerprint density at radius 1 is 1.08 bits per heavy atom. The summed E-state index contributed by atoms with van der Waals surface area (Å²) in [5.74, 6) is -0.418. The van der Waals surface area contributed by atoms with E-state index in [0.29, 0.717) is 12.1 Å². The molecule has 0 fully saturated rings. The molecule has 0 aliphatic carbocycles. The molecule has 0 saturated carbocycles. The minimum atomic E-state index is -0.530. The van der Waals surface area contributed by atoms with Gasteiger partial charge in [-0.2, -0.15) is 0 Å². The largest absolute Gasteiger partial charge is 0.340 e. The third-order valence-electron chi connectivity index (χ3n) is 4.38. The number of aromatic nitrogens is 1. The maximum Gasteiger partial charge on any atom is 0.244 e. The molecule has 1 aromatic heterocycles. The Labute approximate surface area is 152 Å². The van der Waals surface area contributed by atoms with Crippen LogP contribution in [-0.2, 0) is 11.3 Å². The molecule has 0 radical (unpaired) electrons. The minimum Gasteiger partial charge on any atom is -0.340 e. The molecular formula is C21H22FN3O. The van der Waals surface area contributed by atoms with E-state index in [1.54, 1.807) is 35.2 Å². The van der Waals surface area contributed by atoms with Gasteiger partial charge in [-0.3, -0.25) is 14.7 Å². The Morgan fingerprint density at radius 3 is 2.62 bits per heavy atom. The fourth-order valence-corrected chi connectivity index (χ4v) is 3.12. The van der Waals surface area contributed by atoms with E-state index in [-0.39, 0.29) is 11.7 Å². The molecule has 0 N–H and O–H groups in total. The van der Waals surface area contributed by atoms with Crippen LogP contribution >= 0.6 is 0 Å². The number of nitrogens with zero attached hydrogens (tertiary/aromatic N) is 3. The smallest absolute Gasteiger partial charge is 0.244 e. The van der Waals surface area contributed by atoms with E-state index < -0.39 is 6.04 Å². The molecule has 1 atom stereocenters. The lowest BCUT2D eigenvalue weighted by Gasteiger charge is -2.28. The van der Waals surface area contributed by atoms with Gasteiger partial charge in [-0.05, 0) is 55.6 Å². The lowest BCUT2D eigenvalue weighted by atomic mass is 10.0. The Kier molecular flexibility index (Phi) is 5.28. The van der Waals surface area contributed by atoms with E-state index in [1.807, 2.05) is 44.4 Å². The molecule has 0 aliphatic rings. The van der Waals surface area contributed by atoms with Crippen LogP contribution in [0.2, 0.25) is 0 Å². The Morgan fingerprint density at radius 2 is 1.88 bits per heavy atom. The molecule has 134 valence electrons. The molecular weight excluding hydrogens is 329 g/mol. The van der Waals surface area contributed by atoms with Crippen LogP contribution in [0.3, 0.4) is 0 Å². The first-order chi connectivity index (χ1) is 12.5. The van der Waals surface area contributed by atoms with Gasteiger partial charge in [-0.1, -0.05) is 24.3 Å². The van der Waals surface area contributed by atoms with Gasteiger partial charge in [-0.25, -0.2) is 4.39 Å². The fourth-order valence-electron chi connectivity index (χ4n) is 3.12. The molecule has 0 aliphatic heterocycles. The lowest BCUT2D eigenvalue weighted by molar-refractivity contribution is -0.135. The third-order valence-corrected chi connectivity index (χ3v) is 4.38. The van der Waals surface area contributed by atoms with Crippen LogP contribution < -0.4 is 0 Å². The standard InChI is InChI=1S/C21H22FN3O/c1-24(2)20(17-6-4-8-18(22)13-17)21(26)25(3)14-15-9-10-19-16(12-15)7-5-11-23-19/h4-13,20H,14H2,1-3H3/t20-/m0/s1. The van der Waals surface area contributed by atoms with E-state index in [1.165, 1.54) is 12.1 Å². The monoisotopic (exact) mass is 351 g/mol. The topological polar surface area (TPSA) is 36.4 Å². The molecule has 4 nitrogen and oxygen atoms in total. The number of rotatable bonds is 5. The summed E-state index contributed by atoms with van der Waals surface area (Å²) < 4.78 is 13.6. The van der Waals surface area contributed by atoms with Crippen molar-refractivity contribution in [3.05, 3.63) is 77.7 Å². The summed E-state index contributed by atoms with van der Waals surface area (Å²) in [5.41, 5.74) is 2.60. The number of pyridine rings is 1. The van der Waals surface area contributed by atoms with E-state index >= 15 is 0 Å². The highest BCUT2D eigenvalue weighted by Crippen LogP contribution is 2.23. The number of hydrogen-bond acceptors (Lipinski definition) is 3. The molecule has 26 heavy (non-hydrogen) atoms. The van der Waals surface area contributed by atoms with Crippen molar-refractivity contribution in [3.8, 4) is 0 Å². The highest BCUT2D eigenvalue weighted by atomic mass is 19.1. The molecule has 0 saturated heterocycles. The predicted molar refractivity (Wildman–Crippen MR) is 101 cm³/mol. The summed E-state index contributed by atoms with van der Waals surface area (Å²) in [6.45, 7) is 0.476. The summed E-state index contributed by atoms with van der Waals surface area (Å²) in [5, 5.41) is 1.04. The predicted octanol–water partition coefficient (Wildman–Crippen LogP) is 3.64. The van der Waals surface area contributed by atoms with Gasteiger partial charge in [0.2, 0.25) is 5.91 Å². The van der Waals surface area contributed by atoms with Gasteiger partial charge in [0.25, 0.3) is 0 Å². The quantitative estimate of drug-likeness (QED) is 0.704. The van der Waals surface area contributed by atoms with Gasteiger partial charge in [0.15, 0.2) is 0 Å². The van der Waals surface area contributed by atoms with Crippen LogP contribution in [0.4, 0.5) is 4.39 Å². The number of amides is 1. The van der Waals surface area contributed by atoms with Gasteiger partial charge in [0, 0.05) is 25.2 Å². The summed E-state index contributed by atoms with van der Waals surface area (Å²) in [4.78, 5) is 20.8. The first kappa shape index (κ1) is 18.0. The molecule has 3 rings (SSSR count). The van der Waals surface area contributed by atoms with Crippen LogP contribution in [0, 0.1) is 5.82 Å². The first-order valence-electron chi connectivity index (χ1n) is 8.46. The van der Waals surface area contributed by atoms with Crippen molar-refractivity contribution >= 4 is 16.8 Å². The van der Waals surface area contributed by atoms with Gasteiger partial charge in [-0.15, -0.1) is 0 Å². The van der Waals surface area contributed by atoms with Crippen LogP contribution in [0.1, 0.15) is 17.2 Å². The molecule has 3 aromatic rings. The maximum absolute atomic E-state index is 13.6. The minimum absolute atomic E-state index is 0.0770. The number of benzene rings is 2. The Bertz CT molecular complexity index is 926. The number of carbonyl (C=O) groups excluding carboxylic acids is 1. The second kappa shape index (κ2) is 7.62. The van der Waals surface area contributed by atoms with Crippen LogP contribution in [0.15, 0.2) is 60.8 Å². The average molecular weight is 351 g/mol. The van der Waals surface area contributed by atoms with Gasteiger partial charge < -0.3 is 4.90 Å². The Balaban J connectivity index is 1.82. The van der Waals surface area contributed by atoms with Crippen molar-refractivity contribution in [2.24, 2.45) is 0 Å². The molecule has 5 heteroatoms. The fraction of sp³-hybridized carbons (Fsp3) is 0.238.